The zero-order valence-corrected chi connectivity index (χ0v) is 18.0. The largest absolute Gasteiger partial charge is 0.677 e. The van der Waals surface area contributed by atoms with E-state index >= 15 is 0 Å². The Kier molecular flexibility index (Phi) is 5.83. The summed E-state index contributed by atoms with van der Waals surface area (Å²) in [5.41, 5.74) is 15.1. The highest BCUT2D eigenvalue weighted by Crippen LogP contribution is 2.40. The Bertz CT molecular complexity index is 1040. The number of hydrogen-bond acceptors (Lipinski definition) is 2. The van der Waals surface area contributed by atoms with E-state index in [1.54, 1.807) is 19.1 Å². The number of aromatic nitrogens is 1. The number of rotatable bonds is 5. The van der Waals surface area contributed by atoms with E-state index in [-0.39, 0.29) is 0 Å². The molecular weight excluding hydrogens is 367 g/mol. The van der Waals surface area contributed by atoms with Crippen LogP contribution in [0.25, 0.3) is 5.57 Å². The molecule has 6 heteroatoms. The van der Waals surface area contributed by atoms with Gasteiger partial charge in [-0.1, -0.05) is 26.0 Å². The summed E-state index contributed by atoms with van der Waals surface area (Å²) in [4.78, 5) is 4.84. The van der Waals surface area contributed by atoms with Crippen LogP contribution in [0.4, 0.5) is 14.3 Å². The molecule has 0 radical (unpaired) electrons. The van der Waals surface area contributed by atoms with Crippen molar-refractivity contribution in [3.05, 3.63) is 69.2 Å². The van der Waals surface area contributed by atoms with Crippen molar-refractivity contribution in [2.45, 2.75) is 54.4 Å². The van der Waals surface area contributed by atoms with E-state index in [4.69, 9.17) is 10.7 Å². The Morgan fingerprint density at radius 3 is 2.14 bits per heavy atom. The molecule has 1 aromatic carbocycles. The highest BCUT2D eigenvalue weighted by Gasteiger charge is 2.32. The smallest absolute Gasteiger partial charge is 0.399 e. The molecule has 0 aliphatic carbocycles. The normalized spacial score (nSPS) is 15.8. The lowest BCUT2D eigenvalue weighted by atomic mass is 9.92. The second-order valence-corrected chi connectivity index (χ2v) is 7.54. The van der Waals surface area contributed by atoms with Crippen LogP contribution in [0.15, 0.2) is 46.1 Å². The first-order valence-corrected chi connectivity index (χ1v) is 10.1. The Labute approximate surface area is 172 Å². The van der Waals surface area contributed by atoms with Gasteiger partial charge in [-0.2, -0.15) is 0 Å². The molecule has 0 spiro atoms. The minimum atomic E-state index is -2.63. The first-order valence-electron chi connectivity index (χ1n) is 10.1. The maximum Gasteiger partial charge on any atom is 0.677 e. The van der Waals surface area contributed by atoms with Crippen molar-refractivity contribution < 1.29 is 8.63 Å². The van der Waals surface area contributed by atoms with Crippen LogP contribution in [0.1, 0.15) is 62.2 Å². The quantitative estimate of drug-likeness (QED) is 0.491. The Hall–Kier alpha value is -2.63. The predicted octanol–water partition coefficient (Wildman–Crippen LogP) is 5.98. The van der Waals surface area contributed by atoms with Crippen LogP contribution in [0, 0.1) is 13.8 Å². The summed E-state index contributed by atoms with van der Waals surface area (Å²) in [7, 11) is -2.63. The van der Waals surface area contributed by atoms with Gasteiger partial charge in [0.25, 0.3) is 0 Å². The average Bonchev–Trinajstić information content (AvgIpc) is 3.09. The molecule has 2 heterocycles. The Morgan fingerprint density at radius 1 is 1.03 bits per heavy atom. The zero-order valence-electron chi connectivity index (χ0n) is 18.0. The molecule has 2 N–H and O–H groups in total. The molecule has 1 aliphatic rings. The van der Waals surface area contributed by atoms with Crippen molar-refractivity contribution in [1.82, 2.24) is 4.48 Å². The lowest BCUT2D eigenvalue weighted by Gasteiger charge is -2.17. The summed E-state index contributed by atoms with van der Waals surface area (Å²) >= 11 is 0. The van der Waals surface area contributed by atoms with Crippen molar-refractivity contribution in [1.29, 1.82) is 0 Å². The van der Waals surface area contributed by atoms with Crippen LogP contribution in [0.2, 0.25) is 0 Å². The van der Waals surface area contributed by atoms with Gasteiger partial charge < -0.3 is 10.2 Å². The van der Waals surface area contributed by atoms with Gasteiger partial charge >= 0.3 is 7.40 Å². The molecule has 0 amide bonds. The van der Waals surface area contributed by atoms with E-state index < -0.39 is 7.40 Å². The summed E-state index contributed by atoms with van der Waals surface area (Å²) in [5, 5.41) is 0. The fourth-order valence-corrected chi connectivity index (χ4v) is 4.51. The van der Waals surface area contributed by atoms with Crippen LogP contribution >= 0.6 is 0 Å². The topological polar surface area (TPSA) is 43.3 Å². The maximum absolute atomic E-state index is 14.2. The lowest BCUT2D eigenvalue weighted by molar-refractivity contribution is 0.623. The van der Waals surface area contributed by atoms with Crippen LogP contribution in [-0.2, 0) is 6.42 Å². The number of anilines is 1. The van der Waals surface area contributed by atoms with Crippen LogP contribution in [0.3, 0.4) is 0 Å². The number of nitrogen functional groups attached to an aromatic ring is 1. The Morgan fingerprint density at radius 2 is 1.66 bits per heavy atom. The minimum Gasteiger partial charge on any atom is -0.399 e. The third-order valence-corrected chi connectivity index (χ3v) is 5.95. The molecular formula is C23H28BF2N3. The van der Waals surface area contributed by atoms with Crippen molar-refractivity contribution in [3.8, 4) is 0 Å². The van der Waals surface area contributed by atoms with Gasteiger partial charge in [-0.05, 0) is 80.5 Å². The van der Waals surface area contributed by atoms with Crippen LogP contribution in [-0.4, -0.2) is 17.6 Å². The number of halogens is 2. The second kappa shape index (κ2) is 8.01. The molecule has 3 rings (SSSR count). The summed E-state index contributed by atoms with van der Waals surface area (Å²) in [6, 6.07) is 7.39. The highest BCUT2D eigenvalue weighted by atomic mass is 19.2. The summed E-state index contributed by atoms with van der Waals surface area (Å²) in [6.07, 6.45) is 1.56. The summed E-state index contributed by atoms with van der Waals surface area (Å²) in [6.45, 7) is 11.8. The minimum absolute atomic E-state index is 0.544. The second-order valence-electron chi connectivity index (χ2n) is 7.54. The van der Waals surface area contributed by atoms with Crippen molar-refractivity contribution >= 4 is 24.4 Å². The number of benzene rings is 1. The molecule has 0 atom stereocenters. The van der Waals surface area contributed by atoms with E-state index in [0.29, 0.717) is 23.5 Å². The standard InChI is InChI=1S/C23H28BF2N3/c1-7-19-13(3)22(28-15(19)5)21(17-9-11-18(27)12-10-17)23-14(4)20(8-2)16(6)29(23)24(25)26/h9-12H,7-8,27H2,1-6H3/b22-21-. The van der Waals surface area contributed by atoms with Crippen molar-refractivity contribution in [3.63, 3.8) is 0 Å². The van der Waals surface area contributed by atoms with Gasteiger partial charge in [0.2, 0.25) is 0 Å². The maximum atomic E-state index is 14.2. The van der Waals surface area contributed by atoms with E-state index in [2.05, 4.69) is 6.92 Å². The average molecular weight is 395 g/mol. The molecule has 2 aromatic rings. The van der Waals surface area contributed by atoms with Crippen LogP contribution in [0.5, 0.6) is 0 Å². The van der Waals surface area contributed by atoms with Gasteiger partial charge in [0.15, 0.2) is 0 Å². The fourth-order valence-electron chi connectivity index (χ4n) is 4.51. The molecule has 0 fully saturated rings. The first kappa shape index (κ1) is 21.1. The molecule has 1 aromatic heterocycles. The number of aliphatic imine (C=N–C) groups is 1. The monoisotopic (exact) mass is 395 g/mol. The van der Waals surface area contributed by atoms with Crippen LogP contribution < -0.4 is 5.73 Å². The molecule has 3 nitrogen and oxygen atoms in total. The number of nitrogens with zero attached hydrogens (tertiary/aromatic N) is 2. The van der Waals surface area contributed by atoms with Gasteiger partial charge in [0, 0.05) is 28.4 Å². The predicted molar refractivity (Wildman–Crippen MR) is 120 cm³/mol. The van der Waals surface area contributed by atoms with Gasteiger partial charge in [0.05, 0.1) is 5.70 Å². The molecule has 0 unspecified atom stereocenters. The molecule has 0 saturated carbocycles. The van der Waals surface area contributed by atoms with E-state index in [9.17, 15) is 8.63 Å². The Balaban J connectivity index is 2.47. The molecule has 0 saturated heterocycles. The number of allylic oxidation sites excluding steroid dienone is 2. The lowest BCUT2D eigenvalue weighted by Crippen LogP contribution is -2.18. The highest BCUT2D eigenvalue weighted by molar-refractivity contribution is 6.41. The number of nitrogens with two attached hydrogens (primary N) is 1. The first-order chi connectivity index (χ1) is 13.7. The van der Waals surface area contributed by atoms with E-state index in [1.807, 2.05) is 39.8 Å². The van der Waals surface area contributed by atoms with Gasteiger partial charge in [-0.3, -0.25) is 13.6 Å². The van der Waals surface area contributed by atoms with Crippen molar-refractivity contribution in [2.75, 3.05) is 5.73 Å². The number of hydrogen-bond donors (Lipinski definition) is 1. The molecule has 0 bridgehead atoms. The van der Waals surface area contributed by atoms with E-state index in [0.717, 1.165) is 50.1 Å². The zero-order chi connectivity index (χ0) is 21.5. The molecule has 152 valence electrons. The SMILES string of the molecule is CCC1=C(C)/C(=C(\c2ccc(N)cc2)c2c(C)c(CC)c(C)n2B(F)F)N=C1C. The van der Waals surface area contributed by atoms with Gasteiger partial charge in [-0.15, -0.1) is 0 Å². The van der Waals surface area contributed by atoms with Crippen molar-refractivity contribution in [2.24, 2.45) is 4.99 Å². The fraction of sp³-hybridized carbons (Fsp3) is 0.348. The summed E-state index contributed by atoms with van der Waals surface area (Å²) < 4.78 is 29.6. The van der Waals surface area contributed by atoms with Gasteiger partial charge in [-0.25, -0.2) is 0 Å². The molecule has 1 aliphatic heterocycles. The molecule has 29 heavy (non-hydrogen) atoms. The third-order valence-electron chi connectivity index (χ3n) is 5.95. The van der Waals surface area contributed by atoms with E-state index in [1.165, 1.54) is 5.57 Å². The van der Waals surface area contributed by atoms with Gasteiger partial charge in [0.1, 0.15) is 0 Å². The summed E-state index contributed by atoms with van der Waals surface area (Å²) in [5.74, 6) is 0. The third kappa shape index (κ3) is 3.45.